The number of aromatic nitrogens is 2. The second kappa shape index (κ2) is 5.46. The monoisotopic (exact) mass is 294 g/mol. The first kappa shape index (κ1) is 16.0. The molecule has 0 spiro atoms. The lowest BCUT2D eigenvalue weighted by Crippen LogP contribution is -2.41. The Morgan fingerprint density at radius 3 is 2.48 bits per heavy atom. The van der Waals surface area contributed by atoms with Gasteiger partial charge in [0.05, 0.1) is 17.8 Å². The lowest BCUT2D eigenvalue weighted by molar-refractivity contribution is -0.146. The van der Waals surface area contributed by atoms with E-state index in [4.69, 9.17) is 14.0 Å². The van der Waals surface area contributed by atoms with Gasteiger partial charge in [-0.15, -0.1) is 0 Å². The number of carbonyl (C=O) groups is 1. The van der Waals surface area contributed by atoms with Gasteiger partial charge in [0, 0.05) is 17.9 Å². The molecule has 0 bridgehead atoms. The Labute approximate surface area is 125 Å². The predicted molar refractivity (Wildman–Crippen MR) is 79.3 cm³/mol. The standard InChI is InChI=1S/C14H23BN2O4/c1-7-19-12(18)10(2)17-9-11(8-16-17)15-20-13(3,4)14(5,6)21-15/h8-10H,7H2,1-6H3/t10-/m1/s1. The van der Waals surface area contributed by atoms with Gasteiger partial charge in [0.2, 0.25) is 0 Å². The second-order valence-electron chi connectivity index (χ2n) is 6.27. The molecule has 6 nitrogen and oxygen atoms in total. The van der Waals surface area contributed by atoms with Crippen LogP contribution in [0, 0.1) is 0 Å². The summed E-state index contributed by atoms with van der Waals surface area (Å²) >= 11 is 0. The number of carbonyl (C=O) groups excluding carboxylic acids is 1. The third-order valence-electron chi connectivity index (χ3n) is 4.17. The van der Waals surface area contributed by atoms with Crippen LogP contribution >= 0.6 is 0 Å². The zero-order valence-corrected chi connectivity index (χ0v) is 13.5. The Balaban J connectivity index is 2.13. The Morgan fingerprint density at radius 2 is 1.95 bits per heavy atom. The van der Waals surface area contributed by atoms with E-state index in [1.807, 2.05) is 27.7 Å². The van der Waals surface area contributed by atoms with Gasteiger partial charge >= 0.3 is 13.1 Å². The summed E-state index contributed by atoms with van der Waals surface area (Å²) in [7, 11) is -0.474. The fourth-order valence-corrected chi connectivity index (χ4v) is 2.04. The summed E-state index contributed by atoms with van der Waals surface area (Å²) in [6.07, 6.45) is 3.43. The molecule has 0 aliphatic carbocycles. The highest BCUT2D eigenvalue weighted by Crippen LogP contribution is 2.36. The molecule has 2 heterocycles. The van der Waals surface area contributed by atoms with Gasteiger partial charge in [-0.3, -0.25) is 4.68 Å². The molecule has 1 aliphatic rings. The van der Waals surface area contributed by atoms with Crippen LogP contribution in [-0.4, -0.2) is 40.7 Å². The molecule has 1 aliphatic heterocycles. The van der Waals surface area contributed by atoms with Crippen molar-refractivity contribution in [1.82, 2.24) is 9.78 Å². The van der Waals surface area contributed by atoms with Crippen LogP contribution in [0.5, 0.6) is 0 Å². The highest BCUT2D eigenvalue weighted by Gasteiger charge is 2.52. The predicted octanol–water partition coefficient (Wildman–Crippen LogP) is 1.31. The van der Waals surface area contributed by atoms with Crippen LogP contribution < -0.4 is 5.46 Å². The van der Waals surface area contributed by atoms with E-state index in [0.29, 0.717) is 6.61 Å². The van der Waals surface area contributed by atoms with E-state index < -0.39 is 24.4 Å². The summed E-state index contributed by atoms with van der Waals surface area (Å²) in [4.78, 5) is 11.7. The Hall–Kier alpha value is -1.34. The maximum Gasteiger partial charge on any atom is 0.498 e. The maximum absolute atomic E-state index is 11.7. The quantitative estimate of drug-likeness (QED) is 0.619. The van der Waals surface area contributed by atoms with E-state index in [-0.39, 0.29) is 5.97 Å². The third-order valence-corrected chi connectivity index (χ3v) is 4.17. The highest BCUT2D eigenvalue weighted by molar-refractivity contribution is 6.62. The summed E-state index contributed by atoms with van der Waals surface area (Å²) in [6.45, 7) is 11.9. The van der Waals surface area contributed by atoms with Crippen molar-refractivity contribution in [2.75, 3.05) is 6.61 Å². The van der Waals surface area contributed by atoms with Gasteiger partial charge in [-0.25, -0.2) is 4.79 Å². The van der Waals surface area contributed by atoms with Gasteiger partial charge < -0.3 is 14.0 Å². The lowest BCUT2D eigenvalue weighted by atomic mass is 9.82. The molecule has 0 aromatic carbocycles. The SMILES string of the molecule is CCOC(=O)[C@@H](C)n1cc(B2OC(C)(C)C(C)(C)O2)cn1. The third kappa shape index (κ3) is 2.99. The minimum atomic E-state index is -0.474. The van der Waals surface area contributed by atoms with Gasteiger partial charge in [0.15, 0.2) is 0 Å². The Bertz CT molecular complexity index is 511. The number of rotatable bonds is 4. The summed E-state index contributed by atoms with van der Waals surface area (Å²) in [5.41, 5.74) is 0.00350. The molecular weight excluding hydrogens is 271 g/mol. The molecule has 116 valence electrons. The summed E-state index contributed by atoms with van der Waals surface area (Å²) in [5, 5.41) is 4.22. The minimum Gasteiger partial charge on any atom is -0.464 e. The number of ether oxygens (including phenoxy) is 1. The van der Waals surface area contributed by atoms with Crippen LogP contribution in [0.3, 0.4) is 0 Å². The van der Waals surface area contributed by atoms with Crippen molar-refractivity contribution in [1.29, 1.82) is 0 Å². The maximum atomic E-state index is 11.7. The summed E-state index contributed by atoms with van der Waals surface area (Å²) in [6, 6.07) is -0.471. The normalized spacial score (nSPS) is 21.3. The average molecular weight is 294 g/mol. The topological polar surface area (TPSA) is 62.6 Å². The van der Waals surface area contributed by atoms with E-state index in [1.54, 1.807) is 30.9 Å². The second-order valence-corrected chi connectivity index (χ2v) is 6.27. The highest BCUT2D eigenvalue weighted by atomic mass is 16.7. The summed E-state index contributed by atoms with van der Waals surface area (Å²) in [5.74, 6) is -0.305. The van der Waals surface area contributed by atoms with Crippen molar-refractivity contribution in [2.45, 2.75) is 58.8 Å². The van der Waals surface area contributed by atoms with Crippen LogP contribution in [0.25, 0.3) is 0 Å². The smallest absolute Gasteiger partial charge is 0.464 e. The number of nitrogens with zero attached hydrogens (tertiary/aromatic N) is 2. The molecular formula is C14H23BN2O4. The van der Waals surface area contributed by atoms with Crippen molar-refractivity contribution in [3.05, 3.63) is 12.4 Å². The van der Waals surface area contributed by atoms with Gasteiger partial charge in [0.1, 0.15) is 6.04 Å². The Kier molecular flexibility index (Phi) is 4.17. The largest absolute Gasteiger partial charge is 0.498 e. The molecule has 0 amide bonds. The fourth-order valence-electron chi connectivity index (χ4n) is 2.04. The van der Waals surface area contributed by atoms with Crippen molar-refractivity contribution in [3.8, 4) is 0 Å². The van der Waals surface area contributed by atoms with E-state index in [9.17, 15) is 4.79 Å². The molecule has 2 rings (SSSR count). The van der Waals surface area contributed by atoms with E-state index in [0.717, 1.165) is 5.46 Å². The average Bonchev–Trinajstić information content (AvgIpc) is 2.92. The van der Waals surface area contributed by atoms with Crippen molar-refractivity contribution < 1.29 is 18.8 Å². The molecule has 1 aromatic heterocycles. The van der Waals surface area contributed by atoms with Gasteiger partial charge in [-0.2, -0.15) is 5.10 Å². The first-order valence-electron chi connectivity index (χ1n) is 7.24. The van der Waals surface area contributed by atoms with Crippen molar-refractivity contribution in [2.24, 2.45) is 0 Å². The van der Waals surface area contributed by atoms with Crippen molar-refractivity contribution >= 4 is 18.6 Å². The Morgan fingerprint density at radius 1 is 1.38 bits per heavy atom. The van der Waals surface area contributed by atoms with Crippen LogP contribution in [0.15, 0.2) is 12.4 Å². The molecule has 0 unspecified atom stereocenters. The molecule has 21 heavy (non-hydrogen) atoms. The molecule has 1 fully saturated rings. The number of esters is 1. The first-order chi connectivity index (χ1) is 9.68. The van der Waals surface area contributed by atoms with E-state index >= 15 is 0 Å². The van der Waals surface area contributed by atoms with Gasteiger partial charge in [-0.05, 0) is 41.5 Å². The van der Waals surface area contributed by atoms with Gasteiger partial charge in [0.25, 0.3) is 0 Å². The van der Waals surface area contributed by atoms with Crippen LogP contribution in [0.4, 0.5) is 0 Å². The van der Waals surface area contributed by atoms with Crippen LogP contribution in [-0.2, 0) is 18.8 Å². The molecule has 0 saturated carbocycles. The minimum absolute atomic E-state index is 0.305. The molecule has 0 N–H and O–H groups in total. The van der Waals surface area contributed by atoms with Crippen molar-refractivity contribution in [3.63, 3.8) is 0 Å². The fraction of sp³-hybridized carbons (Fsp3) is 0.714. The van der Waals surface area contributed by atoms with E-state index in [2.05, 4.69) is 5.10 Å². The van der Waals surface area contributed by atoms with Gasteiger partial charge in [-0.1, -0.05) is 0 Å². The van der Waals surface area contributed by atoms with Crippen LogP contribution in [0.1, 0.15) is 47.6 Å². The zero-order valence-electron chi connectivity index (χ0n) is 13.5. The summed E-state index contributed by atoms with van der Waals surface area (Å²) < 4.78 is 18.5. The number of hydrogen-bond acceptors (Lipinski definition) is 5. The molecule has 7 heteroatoms. The first-order valence-corrected chi connectivity index (χ1v) is 7.24. The lowest BCUT2D eigenvalue weighted by Gasteiger charge is -2.32. The molecule has 1 saturated heterocycles. The number of hydrogen-bond donors (Lipinski definition) is 0. The molecule has 1 atom stereocenters. The molecule has 0 radical (unpaired) electrons. The molecule has 1 aromatic rings. The van der Waals surface area contributed by atoms with Crippen LogP contribution in [0.2, 0.25) is 0 Å². The zero-order chi connectivity index (χ0) is 15.8. The van der Waals surface area contributed by atoms with E-state index in [1.165, 1.54) is 0 Å².